The lowest BCUT2D eigenvalue weighted by Gasteiger charge is -2.06. The molecular formula is C17H17N3O4. The van der Waals surface area contributed by atoms with Crippen LogP contribution in [-0.4, -0.2) is 27.7 Å². The van der Waals surface area contributed by atoms with E-state index in [0.717, 1.165) is 11.6 Å². The minimum absolute atomic E-state index is 0.0921. The lowest BCUT2D eigenvalue weighted by molar-refractivity contribution is -0.136. The van der Waals surface area contributed by atoms with E-state index in [4.69, 9.17) is 0 Å². The molecule has 2 rings (SSSR count). The summed E-state index contributed by atoms with van der Waals surface area (Å²) < 4.78 is 0. The Morgan fingerprint density at radius 2 is 1.67 bits per heavy atom. The zero-order chi connectivity index (χ0) is 17.7. The Balaban J connectivity index is 2.00. The fraction of sp³-hybridized carbons (Fsp3) is 0.118. The monoisotopic (exact) mass is 327 g/mol. The Bertz CT molecular complexity index is 798. The molecule has 7 nitrogen and oxygen atoms in total. The Labute approximate surface area is 138 Å². The summed E-state index contributed by atoms with van der Waals surface area (Å²) in [6.45, 7) is 3.46. The van der Waals surface area contributed by atoms with Crippen molar-refractivity contribution >= 4 is 23.2 Å². The van der Waals surface area contributed by atoms with Crippen LogP contribution in [0.15, 0.2) is 47.6 Å². The van der Waals surface area contributed by atoms with E-state index in [9.17, 15) is 19.8 Å². The molecule has 2 aromatic carbocycles. The fourth-order valence-electron chi connectivity index (χ4n) is 1.90. The average molecular weight is 327 g/mol. The van der Waals surface area contributed by atoms with Crippen molar-refractivity contribution in [1.82, 2.24) is 5.43 Å². The molecule has 0 aliphatic heterocycles. The van der Waals surface area contributed by atoms with Gasteiger partial charge in [0.25, 0.3) is 0 Å². The molecule has 0 heterocycles. The number of benzene rings is 2. The molecule has 0 saturated carbocycles. The van der Waals surface area contributed by atoms with E-state index in [1.54, 1.807) is 19.1 Å². The molecule has 124 valence electrons. The molecule has 0 saturated heterocycles. The average Bonchev–Trinajstić information content (AvgIpc) is 2.54. The second-order valence-electron chi connectivity index (χ2n) is 5.16. The standard InChI is InChI=1S/C17H17N3O4/c1-10-3-5-12(6-4-10)18-16(23)17(24)20-19-11(2)14-8-7-13(21)9-15(14)22/h3-9,21-22H,1-2H3,(H,18,23)(H,20,24)/b19-11+. The van der Waals surface area contributed by atoms with E-state index >= 15 is 0 Å². The van der Waals surface area contributed by atoms with Crippen LogP contribution in [0.3, 0.4) is 0 Å². The summed E-state index contributed by atoms with van der Waals surface area (Å²) in [5.74, 6) is -2.07. The van der Waals surface area contributed by atoms with Gasteiger partial charge in [-0.3, -0.25) is 9.59 Å². The van der Waals surface area contributed by atoms with Gasteiger partial charge in [-0.2, -0.15) is 5.10 Å². The van der Waals surface area contributed by atoms with Gasteiger partial charge in [0.05, 0.1) is 5.71 Å². The first-order valence-electron chi connectivity index (χ1n) is 7.11. The predicted octanol–water partition coefficient (Wildman–Crippen LogP) is 1.89. The molecular weight excluding hydrogens is 310 g/mol. The number of phenols is 2. The highest BCUT2D eigenvalue weighted by molar-refractivity contribution is 6.39. The number of phenolic OH excluding ortho intramolecular Hbond substituents is 2. The first kappa shape index (κ1) is 17.0. The number of amides is 2. The van der Waals surface area contributed by atoms with Gasteiger partial charge in [0.2, 0.25) is 0 Å². The van der Waals surface area contributed by atoms with Gasteiger partial charge in [-0.15, -0.1) is 0 Å². The summed E-state index contributed by atoms with van der Waals surface area (Å²) in [4.78, 5) is 23.5. The lowest BCUT2D eigenvalue weighted by atomic mass is 10.1. The molecule has 2 amide bonds. The number of anilines is 1. The van der Waals surface area contributed by atoms with Crippen LogP contribution in [0.2, 0.25) is 0 Å². The summed E-state index contributed by atoms with van der Waals surface area (Å²) in [5, 5.41) is 25.2. The second-order valence-corrected chi connectivity index (χ2v) is 5.16. The van der Waals surface area contributed by atoms with Gasteiger partial charge in [-0.05, 0) is 38.1 Å². The smallest absolute Gasteiger partial charge is 0.329 e. The van der Waals surface area contributed by atoms with Gasteiger partial charge in [-0.25, -0.2) is 5.43 Å². The Hall–Kier alpha value is -3.35. The van der Waals surface area contributed by atoms with Crippen LogP contribution >= 0.6 is 0 Å². The van der Waals surface area contributed by atoms with Gasteiger partial charge in [0.1, 0.15) is 11.5 Å². The van der Waals surface area contributed by atoms with Crippen molar-refractivity contribution in [2.45, 2.75) is 13.8 Å². The number of carbonyl (C=O) groups excluding carboxylic acids is 2. The molecule has 0 atom stereocenters. The Morgan fingerprint density at radius 1 is 1.00 bits per heavy atom. The van der Waals surface area contributed by atoms with Crippen LogP contribution in [0, 0.1) is 6.92 Å². The number of hydrazone groups is 1. The first-order chi connectivity index (χ1) is 11.4. The number of aryl methyl sites for hydroxylation is 1. The molecule has 4 N–H and O–H groups in total. The lowest BCUT2D eigenvalue weighted by Crippen LogP contribution is -2.32. The summed E-state index contributed by atoms with van der Waals surface area (Å²) in [5.41, 5.74) is 4.26. The third kappa shape index (κ3) is 4.33. The number of carbonyl (C=O) groups is 2. The van der Waals surface area contributed by atoms with Crippen LogP contribution in [0.25, 0.3) is 0 Å². The Morgan fingerprint density at radius 3 is 2.29 bits per heavy atom. The van der Waals surface area contributed by atoms with Crippen molar-refractivity contribution in [3.8, 4) is 11.5 Å². The van der Waals surface area contributed by atoms with E-state index in [0.29, 0.717) is 11.3 Å². The maximum atomic E-state index is 11.8. The van der Waals surface area contributed by atoms with Crippen molar-refractivity contribution < 1.29 is 19.8 Å². The summed E-state index contributed by atoms with van der Waals surface area (Å²) in [6, 6.07) is 11.0. The van der Waals surface area contributed by atoms with Gasteiger partial charge in [-0.1, -0.05) is 17.7 Å². The highest BCUT2D eigenvalue weighted by Crippen LogP contribution is 2.22. The normalized spacial score (nSPS) is 11.0. The van der Waals surface area contributed by atoms with Crippen molar-refractivity contribution in [1.29, 1.82) is 0 Å². The quantitative estimate of drug-likeness (QED) is 0.392. The molecule has 0 aliphatic carbocycles. The van der Waals surface area contributed by atoms with Gasteiger partial charge in [0, 0.05) is 17.3 Å². The molecule has 7 heteroatoms. The highest BCUT2D eigenvalue weighted by Gasteiger charge is 2.14. The van der Waals surface area contributed by atoms with Gasteiger partial charge < -0.3 is 15.5 Å². The van der Waals surface area contributed by atoms with Crippen LogP contribution in [-0.2, 0) is 9.59 Å². The molecule has 0 radical (unpaired) electrons. The minimum atomic E-state index is -0.937. The van der Waals surface area contributed by atoms with Gasteiger partial charge >= 0.3 is 11.8 Å². The topological polar surface area (TPSA) is 111 Å². The predicted molar refractivity (Wildman–Crippen MR) is 89.9 cm³/mol. The largest absolute Gasteiger partial charge is 0.508 e. The second kappa shape index (κ2) is 7.28. The maximum Gasteiger partial charge on any atom is 0.329 e. The molecule has 0 fully saturated rings. The maximum absolute atomic E-state index is 11.8. The van der Waals surface area contributed by atoms with E-state index in [1.807, 2.05) is 19.1 Å². The third-order valence-electron chi connectivity index (χ3n) is 3.21. The van der Waals surface area contributed by atoms with Crippen molar-refractivity contribution in [2.24, 2.45) is 5.10 Å². The van der Waals surface area contributed by atoms with Crippen molar-refractivity contribution in [2.75, 3.05) is 5.32 Å². The van der Waals surface area contributed by atoms with E-state index < -0.39 is 11.8 Å². The zero-order valence-electron chi connectivity index (χ0n) is 13.2. The number of rotatable bonds is 3. The van der Waals surface area contributed by atoms with E-state index in [-0.39, 0.29) is 17.2 Å². The molecule has 2 aromatic rings. The van der Waals surface area contributed by atoms with Crippen LogP contribution in [0.1, 0.15) is 18.1 Å². The molecule has 0 unspecified atom stereocenters. The van der Waals surface area contributed by atoms with Crippen LogP contribution in [0.5, 0.6) is 11.5 Å². The molecule has 0 aromatic heterocycles. The fourth-order valence-corrected chi connectivity index (χ4v) is 1.90. The first-order valence-corrected chi connectivity index (χ1v) is 7.11. The highest BCUT2D eigenvalue weighted by atomic mass is 16.3. The summed E-state index contributed by atoms with van der Waals surface area (Å²) in [6.07, 6.45) is 0. The number of nitrogens with zero attached hydrogens (tertiary/aromatic N) is 1. The van der Waals surface area contributed by atoms with E-state index in [1.165, 1.54) is 12.1 Å². The summed E-state index contributed by atoms with van der Waals surface area (Å²) in [7, 11) is 0. The van der Waals surface area contributed by atoms with Gasteiger partial charge in [0.15, 0.2) is 0 Å². The van der Waals surface area contributed by atoms with Crippen LogP contribution in [0.4, 0.5) is 5.69 Å². The molecule has 0 bridgehead atoms. The Kier molecular flexibility index (Phi) is 5.16. The number of hydrogen-bond acceptors (Lipinski definition) is 5. The number of nitrogens with one attached hydrogen (secondary N) is 2. The van der Waals surface area contributed by atoms with Crippen molar-refractivity contribution in [3.63, 3.8) is 0 Å². The SMILES string of the molecule is C/C(=N\NC(=O)C(=O)Nc1ccc(C)cc1)c1ccc(O)cc1O. The van der Waals surface area contributed by atoms with E-state index in [2.05, 4.69) is 15.8 Å². The zero-order valence-corrected chi connectivity index (χ0v) is 13.2. The minimum Gasteiger partial charge on any atom is -0.508 e. The van der Waals surface area contributed by atoms with Crippen LogP contribution < -0.4 is 10.7 Å². The third-order valence-corrected chi connectivity index (χ3v) is 3.21. The van der Waals surface area contributed by atoms with Crippen molar-refractivity contribution in [3.05, 3.63) is 53.6 Å². The molecule has 0 spiro atoms. The number of hydrogen-bond donors (Lipinski definition) is 4. The molecule has 24 heavy (non-hydrogen) atoms. The summed E-state index contributed by atoms with van der Waals surface area (Å²) >= 11 is 0. The molecule has 0 aliphatic rings. The number of aromatic hydroxyl groups is 2.